The van der Waals surface area contributed by atoms with E-state index in [1.807, 2.05) is 0 Å². The van der Waals surface area contributed by atoms with Gasteiger partial charge in [0.15, 0.2) is 0 Å². The second kappa shape index (κ2) is 8.93. The molecule has 0 N–H and O–H groups in total. The highest BCUT2D eigenvalue weighted by Crippen LogP contribution is 2.58. The second-order valence-corrected chi connectivity index (χ2v) is 14.4. The number of para-hydroxylation sites is 3. The molecule has 0 bridgehead atoms. The Kier molecular flexibility index (Phi) is 4.60. The Bertz CT molecular complexity index is 3360. The number of hydrogen-bond acceptors (Lipinski definition) is 0. The summed E-state index contributed by atoms with van der Waals surface area (Å²) in [5.74, 6) is 0. The SMILES string of the molecule is c1ccc(C2(c3ccccc3)c3ccccc3-c3cc4c(cc32)c2cc3c(c5cccc6c7ccccc7n3c65)c3c5ccccc5n4c23)cc1. The Morgan fingerprint density at radius 2 is 0.922 bits per heavy atom. The lowest BCUT2D eigenvalue weighted by molar-refractivity contribution is 0.769. The fourth-order valence-corrected chi connectivity index (χ4v) is 10.4. The van der Waals surface area contributed by atoms with E-state index in [0.717, 1.165) is 0 Å². The third kappa shape index (κ3) is 2.88. The van der Waals surface area contributed by atoms with Gasteiger partial charge in [-0.15, -0.1) is 0 Å². The number of aromatic nitrogens is 2. The lowest BCUT2D eigenvalue weighted by Crippen LogP contribution is -2.28. The first-order chi connectivity index (χ1) is 25.3. The van der Waals surface area contributed by atoms with Gasteiger partial charge < -0.3 is 8.80 Å². The minimum Gasteiger partial charge on any atom is -0.308 e. The molecule has 2 heteroatoms. The maximum atomic E-state index is 2.56. The zero-order chi connectivity index (χ0) is 33.0. The maximum absolute atomic E-state index is 2.56. The number of nitrogens with zero attached hydrogens (tertiary/aromatic N) is 2. The number of rotatable bonds is 2. The van der Waals surface area contributed by atoms with Crippen LogP contribution in [-0.2, 0) is 5.41 Å². The summed E-state index contributed by atoms with van der Waals surface area (Å²) in [6.07, 6.45) is 0. The van der Waals surface area contributed by atoms with Crippen LogP contribution < -0.4 is 0 Å². The van der Waals surface area contributed by atoms with Crippen molar-refractivity contribution in [2.24, 2.45) is 0 Å². The minimum atomic E-state index is -0.447. The molecule has 0 unspecified atom stereocenters. The summed E-state index contributed by atoms with van der Waals surface area (Å²) < 4.78 is 5.10. The van der Waals surface area contributed by atoms with Crippen molar-refractivity contribution in [3.05, 3.63) is 192 Å². The van der Waals surface area contributed by atoms with E-state index in [0.29, 0.717) is 0 Å². The second-order valence-electron chi connectivity index (χ2n) is 14.4. The van der Waals surface area contributed by atoms with E-state index in [4.69, 9.17) is 0 Å². The summed E-state index contributed by atoms with van der Waals surface area (Å²) in [5.41, 5.74) is 15.2. The molecule has 0 fully saturated rings. The molecule has 1 aliphatic carbocycles. The molecule has 4 aromatic heterocycles. The Hall–Kier alpha value is -6.64. The van der Waals surface area contributed by atoms with Gasteiger partial charge in [-0.2, -0.15) is 0 Å². The number of fused-ring (bicyclic) bond motifs is 16. The van der Waals surface area contributed by atoms with Crippen molar-refractivity contribution in [2.75, 3.05) is 0 Å². The first-order valence-corrected chi connectivity index (χ1v) is 17.9. The summed E-state index contributed by atoms with van der Waals surface area (Å²) >= 11 is 0. The van der Waals surface area contributed by atoms with E-state index >= 15 is 0 Å². The van der Waals surface area contributed by atoms with Crippen molar-refractivity contribution in [1.29, 1.82) is 0 Å². The fraction of sp³-hybridized carbons (Fsp3) is 0.0204. The highest BCUT2D eigenvalue weighted by Gasteiger charge is 2.46. The predicted octanol–water partition coefficient (Wildman–Crippen LogP) is 12.3. The van der Waals surface area contributed by atoms with Gasteiger partial charge in [-0.1, -0.05) is 140 Å². The van der Waals surface area contributed by atoms with Crippen LogP contribution in [0.25, 0.3) is 87.3 Å². The van der Waals surface area contributed by atoms with Gasteiger partial charge in [-0.05, 0) is 63.7 Å². The molecular weight excluding hydrogens is 617 g/mol. The first-order valence-electron chi connectivity index (χ1n) is 17.9. The highest BCUT2D eigenvalue weighted by atomic mass is 14.9. The van der Waals surface area contributed by atoms with Gasteiger partial charge in [0.1, 0.15) is 0 Å². The van der Waals surface area contributed by atoms with Crippen LogP contribution in [0.5, 0.6) is 0 Å². The average Bonchev–Trinajstić information content (AvgIpc) is 3.97. The van der Waals surface area contributed by atoms with E-state index in [1.165, 1.54) is 110 Å². The van der Waals surface area contributed by atoms with E-state index in [1.54, 1.807) is 0 Å². The molecule has 8 aromatic carbocycles. The van der Waals surface area contributed by atoms with Crippen LogP contribution in [0.3, 0.4) is 0 Å². The molecule has 0 aliphatic heterocycles. The fourth-order valence-electron chi connectivity index (χ4n) is 10.4. The van der Waals surface area contributed by atoms with Crippen molar-refractivity contribution in [3.8, 4) is 11.1 Å². The summed E-state index contributed by atoms with van der Waals surface area (Å²) in [6.45, 7) is 0. The zero-order valence-electron chi connectivity index (χ0n) is 27.6. The lowest BCUT2D eigenvalue weighted by atomic mass is 9.67. The molecule has 0 atom stereocenters. The molecule has 1 aliphatic rings. The van der Waals surface area contributed by atoms with Crippen LogP contribution in [0, 0.1) is 0 Å². The Labute approximate surface area is 292 Å². The predicted molar refractivity (Wildman–Crippen MR) is 213 cm³/mol. The van der Waals surface area contributed by atoms with Crippen molar-refractivity contribution >= 4 is 76.2 Å². The normalized spacial score (nSPS) is 14.0. The van der Waals surface area contributed by atoms with Crippen LogP contribution in [-0.4, -0.2) is 8.80 Å². The van der Waals surface area contributed by atoms with Crippen molar-refractivity contribution in [2.45, 2.75) is 5.41 Å². The molecular formula is C49H28N2. The molecule has 2 nitrogen and oxygen atoms in total. The van der Waals surface area contributed by atoms with E-state index in [2.05, 4.69) is 179 Å². The zero-order valence-corrected chi connectivity index (χ0v) is 27.6. The van der Waals surface area contributed by atoms with E-state index < -0.39 is 5.41 Å². The van der Waals surface area contributed by atoms with Gasteiger partial charge in [0, 0.05) is 43.1 Å². The molecule has 0 spiro atoms. The van der Waals surface area contributed by atoms with Crippen LogP contribution in [0.4, 0.5) is 0 Å². The summed E-state index contributed by atoms with van der Waals surface area (Å²) in [7, 11) is 0. The molecule has 0 radical (unpaired) electrons. The van der Waals surface area contributed by atoms with Gasteiger partial charge in [0.05, 0.1) is 38.5 Å². The third-order valence-electron chi connectivity index (χ3n) is 12.2. The van der Waals surface area contributed by atoms with Gasteiger partial charge in [-0.3, -0.25) is 0 Å². The van der Waals surface area contributed by atoms with E-state index in [9.17, 15) is 0 Å². The monoisotopic (exact) mass is 644 g/mol. The van der Waals surface area contributed by atoms with Crippen LogP contribution in [0.2, 0.25) is 0 Å². The van der Waals surface area contributed by atoms with Gasteiger partial charge in [0.25, 0.3) is 0 Å². The topological polar surface area (TPSA) is 8.82 Å². The standard InChI is InChI=1S/C49H28N2/c1-3-14-29(15-4-1)49(30-16-5-2-6-17-30)39-23-10-7-18-31(39)36-27-43-37(26-40(36)49)38-28-44-45(46-34-20-9-12-25-42(34)50(43)48(38)46)35-22-13-21-33-32-19-8-11-24-41(32)51(44)47(33)35/h1-28H. The highest BCUT2D eigenvalue weighted by molar-refractivity contribution is 6.38. The summed E-state index contributed by atoms with van der Waals surface area (Å²) in [6, 6.07) is 63.7. The van der Waals surface area contributed by atoms with Crippen molar-refractivity contribution in [3.63, 3.8) is 0 Å². The molecule has 0 saturated heterocycles. The first kappa shape index (κ1) is 26.3. The minimum absolute atomic E-state index is 0.447. The number of hydrogen-bond donors (Lipinski definition) is 0. The third-order valence-corrected chi connectivity index (χ3v) is 12.2. The summed E-state index contributed by atoms with van der Waals surface area (Å²) in [5, 5.41) is 10.6. The van der Waals surface area contributed by atoms with E-state index in [-0.39, 0.29) is 0 Å². The van der Waals surface area contributed by atoms with Gasteiger partial charge in [0.2, 0.25) is 0 Å². The maximum Gasteiger partial charge on any atom is 0.0713 e. The van der Waals surface area contributed by atoms with Crippen LogP contribution in [0.15, 0.2) is 170 Å². The Morgan fingerprint density at radius 1 is 0.314 bits per heavy atom. The number of benzene rings is 8. The molecule has 12 aromatic rings. The van der Waals surface area contributed by atoms with Crippen molar-refractivity contribution < 1.29 is 0 Å². The average molecular weight is 645 g/mol. The molecule has 51 heavy (non-hydrogen) atoms. The largest absolute Gasteiger partial charge is 0.308 e. The van der Waals surface area contributed by atoms with Crippen LogP contribution in [0.1, 0.15) is 22.3 Å². The Balaban J connectivity index is 1.29. The lowest BCUT2D eigenvalue weighted by Gasteiger charge is -2.33. The summed E-state index contributed by atoms with van der Waals surface area (Å²) in [4.78, 5) is 0. The van der Waals surface area contributed by atoms with Gasteiger partial charge in [-0.25, -0.2) is 0 Å². The molecule has 0 amide bonds. The molecule has 0 saturated carbocycles. The van der Waals surface area contributed by atoms with Crippen LogP contribution >= 0.6 is 0 Å². The Morgan fingerprint density at radius 3 is 1.71 bits per heavy atom. The quantitative estimate of drug-likeness (QED) is 0.177. The van der Waals surface area contributed by atoms with Gasteiger partial charge >= 0.3 is 0 Å². The molecule has 4 heterocycles. The molecule has 13 rings (SSSR count). The smallest absolute Gasteiger partial charge is 0.0713 e. The van der Waals surface area contributed by atoms with Crippen molar-refractivity contribution in [1.82, 2.24) is 8.80 Å². The molecule has 234 valence electrons.